The van der Waals surface area contributed by atoms with Crippen LogP contribution < -0.4 is 4.72 Å². The predicted octanol–water partition coefficient (Wildman–Crippen LogP) is 4.16. The number of oxazole rings is 1. The van der Waals surface area contributed by atoms with Crippen LogP contribution in [0.3, 0.4) is 0 Å². The molecule has 9 heteroatoms. The Morgan fingerprint density at radius 3 is 2.32 bits per heavy atom. The fourth-order valence-electron chi connectivity index (χ4n) is 2.25. The van der Waals surface area contributed by atoms with Gasteiger partial charge in [0.2, 0.25) is 5.88 Å². The van der Waals surface area contributed by atoms with Gasteiger partial charge in [-0.3, -0.25) is 0 Å². The van der Waals surface area contributed by atoms with Crippen molar-refractivity contribution in [1.82, 2.24) is 4.98 Å². The molecule has 0 unspecified atom stereocenters. The van der Waals surface area contributed by atoms with Gasteiger partial charge in [0.15, 0.2) is 6.39 Å². The fraction of sp³-hybridized carbons (Fsp3) is 0.0625. The highest BCUT2D eigenvalue weighted by atomic mass is 32.2. The molecular formula is C16H11F3N2O3S. The summed E-state index contributed by atoms with van der Waals surface area (Å²) in [4.78, 5) is 2.62. The maximum atomic E-state index is 13.4. The minimum atomic E-state index is -4.85. The van der Waals surface area contributed by atoms with E-state index in [1.54, 1.807) is 30.3 Å². The SMILES string of the molecule is O=S(=O)(Nc1cnco1)c1ccc(-c2ccccc2)cc1C(F)(F)F. The summed E-state index contributed by atoms with van der Waals surface area (Å²) in [6, 6.07) is 11.4. The number of alkyl halides is 3. The van der Waals surface area contributed by atoms with Crippen molar-refractivity contribution in [3.8, 4) is 11.1 Å². The molecule has 0 aliphatic rings. The van der Waals surface area contributed by atoms with Crippen molar-refractivity contribution in [3.05, 3.63) is 66.7 Å². The Labute approximate surface area is 141 Å². The van der Waals surface area contributed by atoms with Gasteiger partial charge in [-0.05, 0) is 23.3 Å². The highest BCUT2D eigenvalue weighted by Crippen LogP contribution is 2.37. The van der Waals surface area contributed by atoms with E-state index < -0.39 is 26.7 Å². The lowest BCUT2D eigenvalue weighted by atomic mass is 10.0. The van der Waals surface area contributed by atoms with Gasteiger partial charge in [0.05, 0.1) is 16.7 Å². The summed E-state index contributed by atoms with van der Waals surface area (Å²) in [5.41, 5.74) is -0.465. The van der Waals surface area contributed by atoms with Gasteiger partial charge in [-0.1, -0.05) is 36.4 Å². The molecule has 3 rings (SSSR count). The van der Waals surface area contributed by atoms with Crippen molar-refractivity contribution in [2.24, 2.45) is 0 Å². The maximum Gasteiger partial charge on any atom is 0.417 e. The summed E-state index contributed by atoms with van der Waals surface area (Å²) in [5, 5.41) is 0. The first-order valence-electron chi connectivity index (χ1n) is 6.95. The third-order valence-corrected chi connectivity index (χ3v) is 4.75. The molecule has 0 spiro atoms. The van der Waals surface area contributed by atoms with E-state index in [0.29, 0.717) is 5.56 Å². The van der Waals surface area contributed by atoms with E-state index in [2.05, 4.69) is 4.98 Å². The van der Waals surface area contributed by atoms with E-state index >= 15 is 0 Å². The van der Waals surface area contributed by atoms with E-state index in [0.717, 1.165) is 24.7 Å². The number of sulfonamides is 1. The molecule has 0 radical (unpaired) electrons. The zero-order valence-corrected chi connectivity index (χ0v) is 13.3. The third-order valence-electron chi connectivity index (χ3n) is 3.35. The Kier molecular flexibility index (Phi) is 4.25. The molecule has 0 bridgehead atoms. The molecule has 0 saturated carbocycles. The number of rotatable bonds is 4. The zero-order chi connectivity index (χ0) is 18.1. The molecule has 0 atom stereocenters. The molecule has 0 aliphatic carbocycles. The van der Waals surface area contributed by atoms with Crippen LogP contribution in [0.4, 0.5) is 19.1 Å². The van der Waals surface area contributed by atoms with Crippen molar-refractivity contribution >= 4 is 15.9 Å². The van der Waals surface area contributed by atoms with Gasteiger partial charge < -0.3 is 4.42 Å². The van der Waals surface area contributed by atoms with Gasteiger partial charge in [0.25, 0.3) is 10.0 Å². The summed E-state index contributed by atoms with van der Waals surface area (Å²) in [7, 11) is -4.50. The number of halogens is 3. The van der Waals surface area contributed by atoms with E-state index in [-0.39, 0.29) is 11.4 Å². The first-order valence-corrected chi connectivity index (χ1v) is 8.44. The van der Waals surface area contributed by atoms with Crippen LogP contribution >= 0.6 is 0 Å². The molecule has 0 fully saturated rings. The lowest BCUT2D eigenvalue weighted by molar-refractivity contribution is -0.139. The van der Waals surface area contributed by atoms with E-state index in [9.17, 15) is 21.6 Å². The number of benzene rings is 2. The Balaban J connectivity index is 2.10. The van der Waals surface area contributed by atoms with Gasteiger partial charge >= 0.3 is 6.18 Å². The second-order valence-corrected chi connectivity index (χ2v) is 6.70. The summed E-state index contributed by atoms with van der Waals surface area (Å²) < 4.78 is 71.6. The van der Waals surface area contributed by atoms with Crippen LogP contribution in [0.1, 0.15) is 5.56 Å². The molecule has 1 heterocycles. The van der Waals surface area contributed by atoms with Crippen LogP contribution in [0.25, 0.3) is 11.1 Å². The third kappa shape index (κ3) is 3.66. The minimum Gasteiger partial charge on any atom is -0.427 e. The van der Waals surface area contributed by atoms with Crippen molar-refractivity contribution < 1.29 is 26.0 Å². The lowest BCUT2D eigenvalue weighted by Crippen LogP contribution is -2.19. The number of aromatic nitrogens is 1. The molecule has 25 heavy (non-hydrogen) atoms. The van der Waals surface area contributed by atoms with Crippen LogP contribution in [-0.4, -0.2) is 13.4 Å². The van der Waals surface area contributed by atoms with Gasteiger partial charge in [-0.25, -0.2) is 18.1 Å². The van der Waals surface area contributed by atoms with Crippen LogP contribution in [0.5, 0.6) is 0 Å². The smallest absolute Gasteiger partial charge is 0.417 e. The molecule has 0 saturated heterocycles. The second-order valence-electron chi connectivity index (χ2n) is 5.05. The topological polar surface area (TPSA) is 72.2 Å². The first-order chi connectivity index (χ1) is 11.8. The molecule has 130 valence electrons. The van der Waals surface area contributed by atoms with E-state index in [1.807, 2.05) is 4.72 Å². The monoisotopic (exact) mass is 368 g/mol. The first kappa shape index (κ1) is 17.0. The zero-order valence-electron chi connectivity index (χ0n) is 12.5. The molecule has 5 nitrogen and oxygen atoms in total. The van der Waals surface area contributed by atoms with Crippen LogP contribution in [0.15, 0.2) is 70.4 Å². The van der Waals surface area contributed by atoms with Crippen LogP contribution in [0.2, 0.25) is 0 Å². The number of anilines is 1. The molecule has 1 aromatic heterocycles. The van der Waals surface area contributed by atoms with Crippen LogP contribution in [-0.2, 0) is 16.2 Å². The summed E-state index contributed by atoms with van der Waals surface area (Å²) in [6.07, 6.45) is -2.85. The van der Waals surface area contributed by atoms with Crippen molar-refractivity contribution in [1.29, 1.82) is 0 Å². The number of hydrogen-bond acceptors (Lipinski definition) is 4. The minimum absolute atomic E-state index is 0.256. The highest BCUT2D eigenvalue weighted by Gasteiger charge is 2.37. The Hall–Kier alpha value is -2.81. The van der Waals surface area contributed by atoms with Crippen molar-refractivity contribution in [2.75, 3.05) is 4.72 Å². The molecule has 1 N–H and O–H groups in total. The summed E-state index contributed by atoms with van der Waals surface area (Å²) in [6.45, 7) is 0. The molecule has 3 aromatic rings. The molecule has 0 aliphatic heterocycles. The number of nitrogens with one attached hydrogen (secondary N) is 1. The maximum absolute atomic E-state index is 13.4. The standard InChI is InChI=1S/C16H11F3N2O3S/c17-16(18,19)13-8-12(11-4-2-1-3-5-11)6-7-14(13)25(22,23)21-15-9-20-10-24-15/h1-10,21H. The second kappa shape index (κ2) is 6.25. The predicted molar refractivity (Wildman–Crippen MR) is 84.2 cm³/mol. The highest BCUT2D eigenvalue weighted by molar-refractivity contribution is 7.92. The Morgan fingerprint density at radius 1 is 1.00 bits per heavy atom. The summed E-state index contributed by atoms with van der Waals surface area (Å²) in [5.74, 6) is -0.278. The number of nitrogens with zero attached hydrogens (tertiary/aromatic N) is 1. The Morgan fingerprint density at radius 2 is 1.72 bits per heavy atom. The van der Waals surface area contributed by atoms with Crippen molar-refractivity contribution in [3.63, 3.8) is 0 Å². The average molecular weight is 368 g/mol. The Bertz CT molecular complexity index is 970. The lowest BCUT2D eigenvalue weighted by Gasteiger charge is -2.15. The fourth-order valence-corrected chi connectivity index (χ4v) is 3.44. The van der Waals surface area contributed by atoms with Gasteiger partial charge in [0, 0.05) is 0 Å². The van der Waals surface area contributed by atoms with Gasteiger partial charge in [0.1, 0.15) is 0 Å². The van der Waals surface area contributed by atoms with Crippen molar-refractivity contribution in [2.45, 2.75) is 11.1 Å². The molecular weight excluding hydrogens is 357 g/mol. The number of hydrogen-bond donors (Lipinski definition) is 1. The summed E-state index contributed by atoms with van der Waals surface area (Å²) >= 11 is 0. The van der Waals surface area contributed by atoms with Gasteiger partial charge in [-0.15, -0.1) is 0 Å². The van der Waals surface area contributed by atoms with E-state index in [4.69, 9.17) is 4.42 Å². The van der Waals surface area contributed by atoms with Crippen LogP contribution in [0, 0.1) is 0 Å². The normalized spacial score (nSPS) is 12.1. The average Bonchev–Trinajstić information content (AvgIpc) is 3.06. The molecule has 0 amide bonds. The molecule has 2 aromatic carbocycles. The quantitative estimate of drug-likeness (QED) is 0.751. The largest absolute Gasteiger partial charge is 0.427 e. The van der Waals surface area contributed by atoms with E-state index in [1.165, 1.54) is 6.07 Å². The van der Waals surface area contributed by atoms with Gasteiger partial charge in [-0.2, -0.15) is 13.2 Å².